The number of nitriles is 1. The van der Waals surface area contributed by atoms with Gasteiger partial charge in [0.25, 0.3) is 0 Å². The van der Waals surface area contributed by atoms with Gasteiger partial charge in [0.15, 0.2) is 11.7 Å². The minimum atomic E-state index is -0.829. The van der Waals surface area contributed by atoms with Crippen LogP contribution in [0.5, 0.6) is 0 Å². The Bertz CT molecular complexity index is 827. The molecule has 104 valence electrons. The fourth-order valence-corrected chi connectivity index (χ4v) is 3.10. The van der Waals surface area contributed by atoms with Crippen LogP contribution in [0.3, 0.4) is 0 Å². The van der Waals surface area contributed by atoms with Crippen molar-refractivity contribution in [3.05, 3.63) is 52.5 Å². The molecular formula is C16H13N3OS. The van der Waals surface area contributed by atoms with Gasteiger partial charge in [-0.25, -0.2) is 4.98 Å². The third kappa shape index (κ3) is 2.46. The fraction of sp³-hybridized carbons (Fsp3) is 0.188. The Hall–Kier alpha value is -2.45. The molecule has 0 fully saturated rings. The predicted molar refractivity (Wildman–Crippen MR) is 82.1 cm³/mol. The quantitative estimate of drug-likeness (QED) is 0.743. The maximum absolute atomic E-state index is 12.4. The second kappa shape index (κ2) is 5.51. The van der Waals surface area contributed by atoms with Gasteiger partial charge in [0.05, 0.1) is 17.1 Å². The number of rotatable bonds is 4. The highest BCUT2D eigenvalue weighted by Gasteiger charge is 2.25. The number of carbonyl (C=O) groups excluding carboxylic acids is 1. The Morgan fingerprint density at radius 3 is 2.86 bits per heavy atom. The van der Waals surface area contributed by atoms with Crippen molar-refractivity contribution >= 4 is 28.2 Å². The monoisotopic (exact) mass is 295 g/mol. The number of benzene rings is 1. The third-order valence-electron chi connectivity index (χ3n) is 3.46. The number of ketones is 1. The minimum Gasteiger partial charge on any atom is -0.330 e. The summed E-state index contributed by atoms with van der Waals surface area (Å²) < 4.78 is 1.83. The number of nitrogens with zero attached hydrogens (tertiary/aromatic N) is 3. The molecule has 3 aromatic rings. The van der Waals surface area contributed by atoms with Crippen LogP contribution in [0.15, 0.2) is 41.8 Å². The Kier molecular flexibility index (Phi) is 3.55. The predicted octanol–water partition coefficient (Wildman–Crippen LogP) is 3.05. The van der Waals surface area contributed by atoms with Gasteiger partial charge in [-0.05, 0) is 23.6 Å². The molecule has 3 rings (SSSR count). The lowest BCUT2D eigenvalue weighted by Gasteiger charge is -2.07. The highest BCUT2D eigenvalue weighted by Crippen LogP contribution is 2.23. The van der Waals surface area contributed by atoms with Gasteiger partial charge < -0.3 is 4.57 Å². The van der Waals surface area contributed by atoms with Crippen molar-refractivity contribution < 1.29 is 4.79 Å². The summed E-state index contributed by atoms with van der Waals surface area (Å²) in [5.74, 6) is -0.428. The molecule has 0 amide bonds. The van der Waals surface area contributed by atoms with Gasteiger partial charge in [-0.2, -0.15) is 5.26 Å². The molecule has 0 aliphatic heterocycles. The number of fused-ring (bicyclic) bond motifs is 1. The SMILES string of the molecule is Cn1c([C@@H](C#N)C(=O)Cc2cccs2)nc2ccccc21. The van der Waals surface area contributed by atoms with Gasteiger partial charge in [0, 0.05) is 18.3 Å². The third-order valence-corrected chi connectivity index (χ3v) is 4.34. The van der Waals surface area contributed by atoms with E-state index in [1.54, 1.807) is 0 Å². The van der Waals surface area contributed by atoms with Gasteiger partial charge in [-0.1, -0.05) is 18.2 Å². The summed E-state index contributed by atoms with van der Waals surface area (Å²) in [5.41, 5.74) is 1.73. The normalized spacial score (nSPS) is 12.2. The fourth-order valence-electron chi connectivity index (χ4n) is 2.38. The summed E-state index contributed by atoms with van der Waals surface area (Å²) >= 11 is 1.53. The molecule has 1 atom stereocenters. The van der Waals surface area contributed by atoms with E-state index in [1.807, 2.05) is 53.4 Å². The zero-order valence-electron chi connectivity index (χ0n) is 11.5. The zero-order chi connectivity index (χ0) is 14.8. The van der Waals surface area contributed by atoms with Crippen molar-refractivity contribution in [2.75, 3.05) is 0 Å². The number of hydrogen-bond donors (Lipinski definition) is 0. The van der Waals surface area contributed by atoms with Crippen LogP contribution in [-0.2, 0) is 18.3 Å². The number of imidazole rings is 1. The van der Waals surface area contributed by atoms with Crippen LogP contribution in [0.2, 0.25) is 0 Å². The second-order valence-electron chi connectivity index (χ2n) is 4.80. The summed E-state index contributed by atoms with van der Waals surface area (Å²) in [6, 6.07) is 13.6. The first kappa shape index (κ1) is 13.5. The lowest BCUT2D eigenvalue weighted by Crippen LogP contribution is -2.16. The maximum atomic E-state index is 12.4. The van der Waals surface area contributed by atoms with E-state index in [9.17, 15) is 10.1 Å². The molecule has 0 N–H and O–H groups in total. The molecule has 4 nitrogen and oxygen atoms in total. The Morgan fingerprint density at radius 2 is 2.19 bits per heavy atom. The van der Waals surface area contributed by atoms with Crippen LogP contribution >= 0.6 is 11.3 Å². The number of Topliss-reactive ketones (excluding diaryl/α,β-unsaturated/α-hetero) is 1. The second-order valence-corrected chi connectivity index (χ2v) is 5.83. The largest absolute Gasteiger partial charge is 0.330 e. The average molecular weight is 295 g/mol. The summed E-state index contributed by atoms with van der Waals surface area (Å²) in [7, 11) is 1.84. The van der Waals surface area contributed by atoms with E-state index in [2.05, 4.69) is 11.1 Å². The molecule has 2 heterocycles. The van der Waals surface area contributed by atoms with Gasteiger partial charge >= 0.3 is 0 Å². The number of para-hydroxylation sites is 2. The molecule has 5 heteroatoms. The molecule has 0 spiro atoms. The van der Waals surface area contributed by atoms with E-state index in [4.69, 9.17) is 0 Å². The van der Waals surface area contributed by atoms with Gasteiger partial charge in [-0.15, -0.1) is 11.3 Å². The maximum Gasteiger partial charge on any atom is 0.163 e. The summed E-state index contributed by atoms with van der Waals surface area (Å²) in [6.45, 7) is 0. The first-order chi connectivity index (χ1) is 10.2. The Balaban J connectivity index is 1.97. The standard InChI is InChI=1S/C16H13N3OS/c1-19-14-7-3-2-6-13(14)18-16(19)12(10-17)15(20)9-11-5-4-8-21-11/h2-8,12H,9H2,1H3/t12-/m0/s1. The van der Waals surface area contributed by atoms with Crippen LogP contribution < -0.4 is 0 Å². The highest BCUT2D eigenvalue weighted by molar-refractivity contribution is 7.10. The van der Waals surface area contributed by atoms with E-state index < -0.39 is 5.92 Å². The number of hydrogen-bond acceptors (Lipinski definition) is 4. The number of thiophene rings is 1. The van der Waals surface area contributed by atoms with E-state index in [0.29, 0.717) is 5.82 Å². The highest BCUT2D eigenvalue weighted by atomic mass is 32.1. The van der Waals surface area contributed by atoms with Crippen molar-refractivity contribution in [2.45, 2.75) is 12.3 Å². The molecular weight excluding hydrogens is 282 g/mol. The smallest absolute Gasteiger partial charge is 0.163 e. The lowest BCUT2D eigenvalue weighted by atomic mass is 10.0. The van der Waals surface area contributed by atoms with Gasteiger partial charge in [0.2, 0.25) is 0 Å². The molecule has 0 unspecified atom stereocenters. The van der Waals surface area contributed by atoms with Crippen LogP contribution in [0, 0.1) is 11.3 Å². The molecule has 21 heavy (non-hydrogen) atoms. The number of carbonyl (C=O) groups is 1. The molecule has 2 aromatic heterocycles. The van der Waals surface area contributed by atoms with E-state index >= 15 is 0 Å². The van der Waals surface area contributed by atoms with Crippen LogP contribution in [0.4, 0.5) is 0 Å². The summed E-state index contributed by atoms with van der Waals surface area (Å²) in [5, 5.41) is 11.3. The molecule has 1 aromatic carbocycles. The zero-order valence-corrected chi connectivity index (χ0v) is 12.3. The van der Waals surface area contributed by atoms with E-state index in [-0.39, 0.29) is 12.2 Å². The van der Waals surface area contributed by atoms with Crippen LogP contribution in [0.25, 0.3) is 11.0 Å². The number of aromatic nitrogens is 2. The van der Waals surface area contributed by atoms with Gasteiger partial charge in [-0.3, -0.25) is 4.79 Å². The van der Waals surface area contributed by atoms with Crippen molar-refractivity contribution in [3.63, 3.8) is 0 Å². The molecule has 0 radical (unpaired) electrons. The lowest BCUT2D eigenvalue weighted by molar-refractivity contribution is -0.118. The molecule has 0 bridgehead atoms. The van der Waals surface area contributed by atoms with Crippen molar-refractivity contribution in [1.82, 2.24) is 9.55 Å². The molecule has 0 aliphatic carbocycles. The van der Waals surface area contributed by atoms with E-state index in [0.717, 1.165) is 15.9 Å². The summed E-state index contributed by atoms with van der Waals surface area (Å²) in [6.07, 6.45) is 0.277. The first-order valence-corrected chi connectivity index (χ1v) is 7.44. The van der Waals surface area contributed by atoms with Gasteiger partial charge in [0.1, 0.15) is 5.82 Å². The Labute approximate surface area is 126 Å². The average Bonchev–Trinajstić information content (AvgIpc) is 3.10. The van der Waals surface area contributed by atoms with Crippen LogP contribution in [0.1, 0.15) is 16.6 Å². The molecule has 0 saturated heterocycles. The van der Waals surface area contributed by atoms with E-state index in [1.165, 1.54) is 11.3 Å². The minimum absolute atomic E-state index is 0.113. The van der Waals surface area contributed by atoms with Crippen molar-refractivity contribution in [1.29, 1.82) is 5.26 Å². The summed E-state index contributed by atoms with van der Waals surface area (Å²) in [4.78, 5) is 17.8. The molecule has 0 saturated carbocycles. The van der Waals surface area contributed by atoms with Crippen LogP contribution in [-0.4, -0.2) is 15.3 Å². The Morgan fingerprint density at radius 1 is 1.38 bits per heavy atom. The van der Waals surface area contributed by atoms with Crippen molar-refractivity contribution in [3.8, 4) is 6.07 Å². The van der Waals surface area contributed by atoms with Crippen molar-refractivity contribution in [2.24, 2.45) is 7.05 Å². The number of aryl methyl sites for hydroxylation is 1. The first-order valence-electron chi connectivity index (χ1n) is 6.57. The topological polar surface area (TPSA) is 58.7 Å². The molecule has 0 aliphatic rings.